The monoisotopic (exact) mass is 704 g/mol. The van der Waals surface area contributed by atoms with E-state index in [-0.39, 0.29) is 5.25 Å². The number of thiazole rings is 1. The van der Waals surface area contributed by atoms with Crippen LogP contribution in [-0.4, -0.2) is 16.3 Å². The van der Waals surface area contributed by atoms with Gasteiger partial charge in [0.15, 0.2) is 4.34 Å². The Hall–Kier alpha value is -1.95. The summed E-state index contributed by atoms with van der Waals surface area (Å²) < 4.78 is 3.79. The first-order valence-electron chi connectivity index (χ1n) is 10.5. The van der Waals surface area contributed by atoms with E-state index in [1.165, 1.54) is 11.1 Å². The number of rotatable bonds is 6. The maximum atomic E-state index is 9.98. The second-order valence-electron chi connectivity index (χ2n) is 7.54. The molecule has 1 heterocycles. The molecule has 0 spiro atoms. The molecule has 1 aromatic heterocycles. The van der Waals surface area contributed by atoms with E-state index in [4.69, 9.17) is 4.98 Å². The third-order valence-electron chi connectivity index (χ3n) is 5.18. The summed E-state index contributed by atoms with van der Waals surface area (Å²) in [6.45, 7) is 0. The summed E-state index contributed by atoms with van der Waals surface area (Å²) in [4.78, 5) is 9.56. The molecule has 0 aliphatic carbocycles. The molecule has 5 rings (SSSR count). The molecule has 34 heavy (non-hydrogen) atoms. The van der Waals surface area contributed by atoms with Crippen molar-refractivity contribution >= 4 is 90.4 Å². The average molecular weight is 704 g/mol. The van der Waals surface area contributed by atoms with Gasteiger partial charge in [-0.1, -0.05) is 72.4 Å². The van der Waals surface area contributed by atoms with E-state index < -0.39 is 0 Å². The third kappa shape index (κ3) is 5.48. The summed E-state index contributed by atoms with van der Waals surface area (Å²) in [5, 5.41) is 10.2. The lowest BCUT2D eigenvalue weighted by atomic mass is 10.0. The van der Waals surface area contributed by atoms with Crippen molar-refractivity contribution in [2.45, 2.75) is 9.59 Å². The fourth-order valence-electron chi connectivity index (χ4n) is 3.52. The van der Waals surface area contributed by atoms with Gasteiger partial charge < -0.3 is 5.11 Å². The lowest BCUT2D eigenvalue weighted by Crippen LogP contribution is -1.96. The van der Waals surface area contributed by atoms with Crippen molar-refractivity contribution in [3.8, 4) is 5.75 Å². The van der Waals surface area contributed by atoms with Gasteiger partial charge in [0.2, 0.25) is 0 Å². The van der Waals surface area contributed by atoms with Gasteiger partial charge in [-0.05, 0) is 92.2 Å². The van der Waals surface area contributed by atoms with E-state index in [0.717, 1.165) is 32.9 Å². The minimum atomic E-state index is 0.180. The molecule has 7 heteroatoms. The smallest absolute Gasteiger partial charge is 0.152 e. The molecule has 4 aromatic carbocycles. The number of thioether (sulfide) groups is 1. The Balaban J connectivity index is 1.42. The fraction of sp³-hybridized carbons (Fsp3) is 0.0370. The molecule has 168 valence electrons. The number of fused-ring (bicyclic) bond motifs is 1. The van der Waals surface area contributed by atoms with Crippen LogP contribution in [0.3, 0.4) is 0 Å². The normalized spacial score (nSPS) is 11.6. The summed E-state index contributed by atoms with van der Waals surface area (Å²) in [5.41, 5.74) is 5.36. The van der Waals surface area contributed by atoms with Crippen molar-refractivity contribution in [2.75, 3.05) is 0 Å². The lowest BCUT2D eigenvalue weighted by molar-refractivity contribution is 0.467. The van der Waals surface area contributed by atoms with Crippen LogP contribution in [0.1, 0.15) is 21.9 Å². The van der Waals surface area contributed by atoms with Crippen LogP contribution >= 0.6 is 68.3 Å². The third-order valence-corrected chi connectivity index (χ3v) is 9.25. The van der Waals surface area contributed by atoms with E-state index in [1.54, 1.807) is 23.1 Å². The van der Waals surface area contributed by atoms with Crippen LogP contribution in [0.2, 0.25) is 0 Å². The molecule has 0 radical (unpaired) electrons. The number of hydrogen-bond donors (Lipinski definition) is 1. The number of aromatic hydroxyl groups is 1. The van der Waals surface area contributed by atoms with Crippen LogP contribution in [0, 0.1) is 7.14 Å². The molecule has 0 saturated carbocycles. The van der Waals surface area contributed by atoms with Crippen LogP contribution in [-0.2, 0) is 0 Å². The summed E-state index contributed by atoms with van der Waals surface area (Å²) in [6.07, 6.45) is 1.84. The van der Waals surface area contributed by atoms with E-state index in [1.807, 2.05) is 30.5 Å². The zero-order valence-electron chi connectivity index (χ0n) is 17.7. The molecule has 1 N–H and O–H groups in total. The van der Waals surface area contributed by atoms with Gasteiger partial charge in [-0.2, -0.15) is 0 Å². The number of nitrogens with zero attached hydrogens (tertiary/aromatic N) is 2. The van der Waals surface area contributed by atoms with Crippen LogP contribution in [0.5, 0.6) is 5.75 Å². The molecule has 3 nitrogen and oxygen atoms in total. The van der Waals surface area contributed by atoms with Crippen molar-refractivity contribution in [1.82, 2.24) is 4.98 Å². The van der Waals surface area contributed by atoms with Gasteiger partial charge >= 0.3 is 0 Å². The predicted octanol–water partition coefficient (Wildman–Crippen LogP) is 8.84. The van der Waals surface area contributed by atoms with Gasteiger partial charge in [-0.3, -0.25) is 4.99 Å². The van der Waals surface area contributed by atoms with Crippen molar-refractivity contribution < 1.29 is 5.11 Å². The number of hydrogen-bond acceptors (Lipinski definition) is 5. The number of halogens is 2. The average Bonchev–Trinajstić information content (AvgIpc) is 3.27. The van der Waals surface area contributed by atoms with Gasteiger partial charge in [0.25, 0.3) is 0 Å². The van der Waals surface area contributed by atoms with E-state index in [9.17, 15) is 5.11 Å². The van der Waals surface area contributed by atoms with Gasteiger partial charge in [0, 0.05) is 6.21 Å². The molecular formula is C27H18I2N2OS2. The standard InChI is InChI=1S/C27H18I2N2OS2/c28-21-13-17(14-22(29)25(21)32)16-30-20-11-12-23-24(15-20)33-27(31-23)34-26(18-7-3-1-4-8-18)19-9-5-2-6-10-19/h1-16,26,32H. The van der Waals surface area contributed by atoms with Gasteiger partial charge in [-0.15, -0.1) is 11.3 Å². The van der Waals surface area contributed by atoms with Gasteiger partial charge in [-0.25, -0.2) is 4.98 Å². The van der Waals surface area contributed by atoms with Crippen molar-refractivity contribution in [3.63, 3.8) is 0 Å². The first kappa shape index (κ1) is 23.8. The van der Waals surface area contributed by atoms with Crippen LogP contribution < -0.4 is 0 Å². The van der Waals surface area contributed by atoms with Crippen LogP contribution in [0.4, 0.5) is 5.69 Å². The Morgan fingerprint density at radius 3 is 2.09 bits per heavy atom. The highest BCUT2D eigenvalue weighted by Crippen LogP contribution is 2.43. The number of phenolic OH excluding ortho intramolecular Hbond substituents is 1. The Morgan fingerprint density at radius 2 is 1.47 bits per heavy atom. The Morgan fingerprint density at radius 1 is 0.853 bits per heavy atom. The fourth-order valence-corrected chi connectivity index (χ4v) is 7.75. The second-order valence-corrected chi connectivity index (χ2v) is 12.2. The van der Waals surface area contributed by atoms with Gasteiger partial charge in [0.1, 0.15) is 5.75 Å². The van der Waals surface area contributed by atoms with Crippen LogP contribution in [0.15, 0.2) is 100 Å². The maximum Gasteiger partial charge on any atom is 0.152 e. The zero-order chi connectivity index (χ0) is 23.5. The highest BCUT2D eigenvalue weighted by atomic mass is 127. The minimum Gasteiger partial charge on any atom is -0.506 e. The van der Waals surface area contributed by atoms with E-state index >= 15 is 0 Å². The topological polar surface area (TPSA) is 45.5 Å². The summed E-state index contributed by atoms with van der Waals surface area (Å²) in [5.74, 6) is 0.318. The summed E-state index contributed by atoms with van der Waals surface area (Å²) in [6, 6.07) is 31.1. The minimum absolute atomic E-state index is 0.180. The number of aromatic nitrogens is 1. The number of benzene rings is 4. The van der Waals surface area contributed by atoms with Crippen molar-refractivity contribution in [3.05, 3.63) is 115 Å². The molecule has 0 unspecified atom stereocenters. The quantitative estimate of drug-likeness (QED) is 0.109. The van der Waals surface area contributed by atoms with E-state index in [2.05, 4.69) is 117 Å². The second kappa shape index (κ2) is 10.8. The number of phenols is 1. The molecule has 0 amide bonds. The summed E-state index contributed by atoms with van der Waals surface area (Å²) >= 11 is 7.76. The molecule has 0 saturated heterocycles. The molecular weight excluding hydrogens is 686 g/mol. The number of aliphatic imine (C=N–C) groups is 1. The Labute approximate surface area is 233 Å². The first-order valence-corrected chi connectivity index (χ1v) is 14.3. The largest absolute Gasteiger partial charge is 0.506 e. The Bertz CT molecular complexity index is 1410. The molecule has 0 aliphatic heterocycles. The molecule has 0 aliphatic rings. The van der Waals surface area contributed by atoms with Crippen LogP contribution in [0.25, 0.3) is 10.2 Å². The molecule has 0 fully saturated rings. The molecule has 0 bridgehead atoms. The maximum absolute atomic E-state index is 9.98. The first-order chi connectivity index (χ1) is 16.6. The molecule has 5 aromatic rings. The van der Waals surface area contributed by atoms with E-state index in [0.29, 0.717) is 5.75 Å². The van der Waals surface area contributed by atoms with Crippen molar-refractivity contribution in [1.29, 1.82) is 0 Å². The highest BCUT2D eigenvalue weighted by Gasteiger charge is 2.18. The summed E-state index contributed by atoms with van der Waals surface area (Å²) in [7, 11) is 0. The SMILES string of the molecule is Oc1c(I)cc(C=Nc2ccc3nc(SC(c4ccccc4)c4ccccc4)sc3c2)cc1I. The zero-order valence-corrected chi connectivity index (χ0v) is 23.7. The lowest BCUT2D eigenvalue weighted by Gasteiger charge is -2.16. The van der Waals surface area contributed by atoms with Crippen molar-refractivity contribution in [2.24, 2.45) is 4.99 Å². The molecule has 0 atom stereocenters. The highest BCUT2D eigenvalue weighted by molar-refractivity contribution is 14.1. The van der Waals surface area contributed by atoms with Gasteiger partial charge in [0.05, 0.1) is 28.3 Å². The Kier molecular flexibility index (Phi) is 7.52. The predicted molar refractivity (Wildman–Crippen MR) is 161 cm³/mol.